The van der Waals surface area contributed by atoms with Crippen molar-refractivity contribution in [1.82, 2.24) is 0 Å². The van der Waals surface area contributed by atoms with Crippen molar-refractivity contribution in [3.63, 3.8) is 0 Å². The van der Waals surface area contributed by atoms with Crippen molar-refractivity contribution in [3.8, 4) is 0 Å². The summed E-state index contributed by atoms with van der Waals surface area (Å²) in [6, 6.07) is 0. The first-order valence-corrected chi connectivity index (χ1v) is 2.96. The number of allylic oxidation sites excluding steroid dienone is 1. The zero-order valence-corrected chi connectivity index (χ0v) is 5.61. The number of unbranched alkanes of at least 4 members (excludes halogenated alkanes) is 1. The van der Waals surface area contributed by atoms with E-state index in [9.17, 15) is 13.2 Å². The first kappa shape index (κ1) is 9.33. The summed E-state index contributed by atoms with van der Waals surface area (Å²) in [6.07, 6.45) is -1.10. The van der Waals surface area contributed by atoms with E-state index in [4.69, 9.17) is 0 Å². The van der Waals surface area contributed by atoms with Crippen molar-refractivity contribution in [1.29, 1.82) is 0 Å². The molecule has 4 heteroatoms. The van der Waals surface area contributed by atoms with Gasteiger partial charge in [-0.25, -0.2) is 0 Å². The Bertz CT molecular complexity index is 106. The topological polar surface area (TPSA) is 9.23 Å². The highest BCUT2D eigenvalue weighted by atomic mass is 19.4. The highest BCUT2D eigenvalue weighted by Crippen LogP contribution is 2.16. The van der Waals surface area contributed by atoms with Gasteiger partial charge >= 0.3 is 6.36 Å². The molecule has 0 N–H and O–H groups in total. The van der Waals surface area contributed by atoms with Gasteiger partial charge in [-0.15, -0.1) is 13.2 Å². The fourth-order valence-electron chi connectivity index (χ4n) is 0.360. The Morgan fingerprint density at radius 1 is 1.40 bits per heavy atom. The number of ether oxygens (including phenoxy) is 1. The average molecular weight is 154 g/mol. The highest BCUT2D eigenvalue weighted by Gasteiger charge is 2.28. The van der Waals surface area contributed by atoms with E-state index in [0.29, 0.717) is 12.7 Å². The second-order valence-corrected chi connectivity index (χ2v) is 1.72. The van der Waals surface area contributed by atoms with Gasteiger partial charge in [0, 0.05) is 0 Å². The summed E-state index contributed by atoms with van der Waals surface area (Å²) in [7, 11) is 0. The summed E-state index contributed by atoms with van der Waals surface area (Å²) < 4.78 is 37.0. The molecule has 1 nitrogen and oxygen atoms in total. The van der Waals surface area contributed by atoms with Gasteiger partial charge in [-0.3, -0.25) is 0 Å². The van der Waals surface area contributed by atoms with Gasteiger partial charge in [0.2, 0.25) is 0 Å². The molecule has 0 spiro atoms. The minimum atomic E-state index is -4.54. The van der Waals surface area contributed by atoms with Gasteiger partial charge in [-0.1, -0.05) is 13.3 Å². The van der Waals surface area contributed by atoms with E-state index in [-0.39, 0.29) is 0 Å². The molecular formula is C6H9F3O. The second-order valence-electron chi connectivity index (χ2n) is 1.72. The molecule has 0 fully saturated rings. The predicted molar refractivity (Wildman–Crippen MR) is 31.2 cm³/mol. The SMILES string of the molecule is CCC/C=C/OC(F)(F)F. The minimum absolute atomic E-state index is 0.607. The Kier molecular flexibility index (Phi) is 3.91. The van der Waals surface area contributed by atoms with E-state index in [2.05, 4.69) is 4.74 Å². The zero-order valence-electron chi connectivity index (χ0n) is 5.61. The number of hydrogen-bond donors (Lipinski definition) is 0. The van der Waals surface area contributed by atoms with Crippen LogP contribution in [0.15, 0.2) is 12.3 Å². The maximum Gasteiger partial charge on any atom is 0.572 e. The molecule has 0 unspecified atom stereocenters. The van der Waals surface area contributed by atoms with Crippen molar-refractivity contribution in [2.24, 2.45) is 0 Å². The summed E-state index contributed by atoms with van der Waals surface area (Å²) in [4.78, 5) is 0. The summed E-state index contributed by atoms with van der Waals surface area (Å²) in [5, 5.41) is 0. The smallest absolute Gasteiger partial charge is 0.414 e. The first-order chi connectivity index (χ1) is 4.56. The van der Waals surface area contributed by atoms with E-state index in [1.165, 1.54) is 6.08 Å². The quantitative estimate of drug-likeness (QED) is 0.568. The van der Waals surface area contributed by atoms with Crippen molar-refractivity contribution in [3.05, 3.63) is 12.3 Å². The summed E-state index contributed by atoms with van der Waals surface area (Å²) in [5.74, 6) is 0. The van der Waals surface area contributed by atoms with E-state index in [0.717, 1.165) is 6.42 Å². The summed E-state index contributed by atoms with van der Waals surface area (Å²) in [6.45, 7) is 1.87. The van der Waals surface area contributed by atoms with Gasteiger partial charge in [0.15, 0.2) is 0 Å². The molecule has 0 aliphatic rings. The molecule has 0 radical (unpaired) electrons. The molecule has 0 heterocycles. The number of alkyl halides is 3. The van der Waals surface area contributed by atoms with E-state index in [1.54, 1.807) is 0 Å². The molecule has 0 aliphatic carbocycles. The maximum absolute atomic E-state index is 11.2. The molecule has 60 valence electrons. The Balaban J connectivity index is 3.34. The standard InChI is InChI=1S/C6H9F3O/c1-2-3-4-5-10-6(7,8)9/h4-5H,2-3H2,1H3/b5-4+. The Labute approximate surface area is 57.5 Å². The Morgan fingerprint density at radius 3 is 2.40 bits per heavy atom. The Morgan fingerprint density at radius 2 is 2.00 bits per heavy atom. The van der Waals surface area contributed by atoms with E-state index in [1.807, 2.05) is 6.92 Å². The van der Waals surface area contributed by atoms with Crippen molar-refractivity contribution in [2.75, 3.05) is 0 Å². The van der Waals surface area contributed by atoms with Gasteiger partial charge in [0.1, 0.15) is 0 Å². The second kappa shape index (κ2) is 4.19. The van der Waals surface area contributed by atoms with Gasteiger partial charge in [0.25, 0.3) is 0 Å². The normalized spacial score (nSPS) is 12.4. The van der Waals surface area contributed by atoms with Crippen LogP contribution in [0, 0.1) is 0 Å². The van der Waals surface area contributed by atoms with Crippen LogP contribution in [0.1, 0.15) is 19.8 Å². The van der Waals surface area contributed by atoms with Crippen molar-refractivity contribution < 1.29 is 17.9 Å². The molecule has 0 rings (SSSR count). The van der Waals surface area contributed by atoms with Gasteiger partial charge in [-0.2, -0.15) is 0 Å². The lowest BCUT2D eigenvalue weighted by Gasteiger charge is -2.01. The van der Waals surface area contributed by atoms with E-state index < -0.39 is 6.36 Å². The largest absolute Gasteiger partial charge is 0.572 e. The fraction of sp³-hybridized carbons (Fsp3) is 0.667. The first-order valence-electron chi connectivity index (χ1n) is 2.96. The molecule has 0 amide bonds. The monoisotopic (exact) mass is 154 g/mol. The van der Waals surface area contributed by atoms with Crippen LogP contribution in [0.4, 0.5) is 13.2 Å². The highest BCUT2D eigenvalue weighted by molar-refractivity contribution is 4.72. The molecule has 0 bridgehead atoms. The van der Waals surface area contributed by atoms with Crippen LogP contribution in [-0.2, 0) is 4.74 Å². The average Bonchev–Trinajstić information content (AvgIpc) is 1.78. The van der Waals surface area contributed by atoms with Gasteiger partial charge < -0.3 is 4.74 Å². The van der Waals surface area contributed by atoms with E-state index >= 15 is 0 Å². The van der Waals surface area contributed by atoms with Crippen LogP contribution in [0.25, 0.3) is 0 Å². The molecule has 0 aromatic heterocycles. The summed E-state index contributed by atoms with van der Waals surface area (Å²) in [5.41, 5.74) is 0. The molecule has 0 aromatic rings. The molecule has 10 heavy (non-hydrogen) atoms. The lowest BCUT2D eigenvalue weighted by atomic mass is 10.3. The van der Waals surface area contributed by atoms with Crippen LogP contribution < -0.4 is 0 Å². The molecule has 0 aliphatic heterocycles. The Hall–Kier alpha value is -0.670. The number of rotatable bonds is 3. The summed E-state index contributed by atoms with van der Waals surface area (Å²) >= 11 is 0. The lowest BCUT2D eigenvalue weighted by Crippen LogP contribution is -2.08. The molecule has 0 saturated heterocycles. The third kappa shape index (κ3) is 7.33. The third-order valence-electron chi connectivity index (χ3n) is 0.753. The zero-order chi connectivity index (χ0) is 8.04. The fourth-order valence-corrected chi connectivity index (χ4v) is 0.360. The minimum Gasteiger partial charge on any atom is -0.414 e. The van der Waals surface area contributed by atoms with Crippen LogP contribution in [-0.4, -0.2) is 6.36 Å². The lowest BCUT2D eigenvalue weighted by molar-refractivity contribution is -0.298. The maximum atomic E-state index is 11.2. The van der Waals surface area contributed by atoms with Gasteiger partial charge in [0.05, 0.1) is 6.26 Å². The van der Waals surface area contributed by atoms with Crippen LogP contribution in [0.2, 0.25) is 0 Å². The number of hydrogen-bond acceptors (Lipinski definition) is 1. The molecule has 0 atom stereocenters. The molecule has 0 aromatic carbocycles. The van der Waals surface area contributed by atoms with Crippen LogP contribution in [0.5, 0.6) is 0 Å². The number of halogens is 3. The predicted octanol–water partition coefficient (Wildman–Crippen LogP) is 2.84. The molecule has 0 saturated carbocycles. The van der Waals surface area contributed by atoms with Crippen molar-refractivity contribution >= 4 is 0 Å². The van der Waals surface area contributed by atoms with Crippen LogP contribution in [0.3, 0.4) is 0 Å². The third-order valence-corrected chi connectivity index (χ3v) is 0.753. The van der Waals surface area contributed by atoms with Gasteiger partial charge in [-0.05, 0) is 12.5 Å². The molecular weight excluding hydrogens is 145 g/mol. The van der Waals surface area contributed by atoms with Crippen LogP contribution >= 0.6 is 0 Å². The van der Waals surface area contributed by atoms with Crippen molar-refractivity contribution in [2.45, 2.75) is 26.1 Å².